The Balaban J connectivity index is 1.76. The number of hydrogen-bond donors (Lipinski definition) is 1. The predicted molar refractivity (Wildman–Crippen MR) is 75.1 cm³/mol. The van der Waals surface area contributed by atoms with E-state index in [0.717, 1.165) is 24.0 Å². The van der Waals surface area contributed by atoms with Gasteiger partial charge in [-0.2, -0.15) is 0 Å². The zero-order valence-corrected chi connectivity index (χ0v) is 11.1. The molecule has 1 aliphatic rings. The fourth-order valence-electron chi connectivity index (χ4n) is 2.54. The van der Waals surface area contributed by atoms with E-state index in [1.807, 2.05) is 31.4 Å². The molecule has 2 aromatic rings. The number of aryl methyl sites for hydroxylation is 1. The maximum atomic E-state index is 12.2. The first kappa shape index (κ1) is 12.2. The number of hydrogen-bond acceptors (Lipinski definition) is 2. The molecular formula is C15H18N2O2. The summed E-state index contributed by atoms with van der Waals surface area (Å²) in [5.74, 6) is 0.190. The lowest BCUT2D eigenvalue weighted by molar-refractivity contribution is -0.122. The lowest BCUT2D eigenvalue weighted by atomic mass is 9.99. The van der Waals surface area contributed by atoms with Crippen LogP contribution >= 0.6 is 0 Å². The molecule has 0 aliphatic carbocycles. The molecule has 100 valence electrons. The van der Waals surface area contributed by atoms with Gasteiger partial charge in [-0.05, 0) is 36.4 Å². The zero-order valence-electron chi connectivity index (χ0n) is 11.1. The van der Waals surface area contributed by atoms with E-state index >= 15 is 0 Å². The number of aromatic nitrogens is 1. The number of benzene rings is 1. The molecule has 3 rings (SSSR count). The van der Waals surface area contributed by atoms with E-state index in [2.05, 4.69) is 16.0 Å². The van der Waals surface area contributed by atoms with Gasteiger partial charge in [-0.15, -0.1) is 0 Å². The van der Waals surface area contributed by atoms with E-state index in [1.54, 1.807) is 0 Å². The van der Waals surface area contributed by atoms with Gasteiger partial charge in [0.05, 0.1) is 0 Å². The molecule has 0 bridgehead atoms. The van der Waals surface area contributed by atoms with Gasteiger partial charge >= 0.3 is 0 Å². The Kier molecular flexibility index (Phi) is 3.25. The summed E-state index contributed by atoms with van der Waals surface area (Å²) in [5.41, 5.74) is 2.00. The molecule has 1 aromatic carbocycles. The van der Waals surface area contributed by atoms with Crippen LogP contribution in [-0.2, 0) is 16.6 Å². The highest BCUT2D eigenvalue weighted by atomic mass is 16.5. The molecule has 0 atom stereocenters. The van der Waals surface area contributed by atoms with Gasteiger partial charge < -0.3 is 14.6 Å². The Bertz CT molecular complexity index is 597. The SMILES string of the molecule is Cn1ccc2ccc(NC(=O)C3CCOCC3)cc21. The van der Waals surface area contributed by atoms with Gasteiger partial charge in [-0.25, -0.2) is 0 Å². The largest absolute Gasteiger partial charge is 0.381 e. The Morgan fingerprint density at radius 3 is 2.89 bits per heavy atom. The number of anilines is 1. The topological polar surface area (TPSA) is 43.3 Å². The van der Waals surface area contributed by atoms with E-state index in [-0.39, 0.29) is 11.8 Å². The van der Waals surface area contributed by atoms with Crippen LogP contribution < -0.4 is 5.32 Å². The molecule has 2 heterocycles. The van der Waals surface area contributed by atoms with Crippen molar-refractivity contribution >= 4 is 22.5 Å². The summed E-state index contributed by atoms with van der Waals surface area (Å²) < 4.78 is 7.33. The normalized spacial score (nSPS) is 16.7. The molecule has 0 radical (unpaired) electrons. The molecule has 1 fully saturated rings. The van der Waals surface area contributed by atoms with Crippen molar-refractivity contribution in [2.24, 2.45) is 13.0 Å². The van der Waals surface area contributed by atoms with Crippen LogP contribution in [0.2, 0.25) is 0 Å². The molecule has 1 saturated heterocycles. The third-order valence-electron chi connectivity index (χ3n) is 3.75. The summed E-state index contributed by atoms with van der Waals surface area (Å²) in [6.07, 6.45) is 3.66. The molecule has 4 heteroatoms. The average molecular weight is 258 g/mol. The second kappa shape index (κ2) is 5.05. The smallest absolute Gasteiger partial charge is 0.227 e. The molecule has 1 aliphatic heterocycles. The van der Waals surface area contributed by atoms with Gasteiger partial charge in [0, 0.05) is 43.6 Å². The van der Waals surface area contributed by atoms with Crippen LogP contribution in [0.4, 0.5) is 5.69 Å². The van der Waals surface area contributed by atoms with Gasteiger partial charge in [0.1, 0.15) is 0 Å². The standard InChI is InChI=1S/C15H18N2O2/c1-17-7-4-11-2-3-13(10-14(11)17)16-15(18)12-5-8-19-9-6-12/h2-4,7,10,12H,5-6,8-9H2,1H3,(H,16,18). The third-order valence-corrected chi connectivity index (χ3v) is 3.75. The lowest BCUT2D eigenvalue weighted by Gasteiger charge is -2.21. The highest BCUT2D eigenvalue weighted by molar-refractivity contribution is 5.95. The predicted octanol–water partition coefficient (Wildman–Crippen LogP) is 2.54. The van der Waals surface area contributed by atoms with Crippen molar-refractivity contribution in [1.82, 2.24) is 4.57 Å². The van der Waals surface area contributed by atoms with E-state index in [0.29, 0.717) is 13.2 Å². The molecular weight excluding hydrogens is 240 g/mol. The number of ether oxygens (including phenoxy) is 1. The van der Waals surface area contributed by atoms with Crippen molar-refractivity contribution in [3.05, 3.63) is 30.5 Å². The highest BCUT2D eigenvalue weighted by Crippen LogP contribution is 2.22. The average Bonchev–Trinajstić information content (AvgIpc) is 2.81. The molecule has 0 unspecified atom stereocenters. The number of fused-ring (bicyclic) bond motifs is 1. The Hall–Kier alpha value is -1.81. The first-order valence-corrected chi connectivity index (χ1v) is 6.68. The second-order valence-electron chi connectivity index (χ2n) is 5.08. The van der Waals surface area contributed by atoms with Gasteiger partial charge in [-0.1, -0.05) is 6.07 Å². The number of amides is 1. The minimum atomic E-state index is 0.0814. The number of carbonyl (C=O) groups is 1. The fraction of sp³-hybridized carbons (Fsp3) is 0.400. The van der Waals surface area contributed by atoms with Gasteiger partial charge in [0.25, 0.3) is 0 Å². The fourth-order valence-corrected chi connectivity index (χ4v) is 2.54. The second-order valence-corrected chi connectivity index (χ2v) is 5.08. The summed E-state index contributed by atoms with van der Waals surface area (Å²) in [7, 11) is 2.01. The first-order chi connectivity index (χ1) is 9.24. The quantitative estimate of drug-likeness (QED) is 0.899. The summed E-state index contributed by atoms with van der Waals surface area (Å²) in [6, 6.07) is 8.08. The zero-order chi connectivity index (χ0) is 13.2. The van der Waals surface area contributed by atoms with Crippen molar-refractivity contribution in [3.63, 3.8) is 0 Å². The third kappa shape index (κ3) is 2.49. The molecule has 0 saturated carbocycles. The van der Waals surface area contributed by atoms with E-state index in [1.165, 1.54) is 5.39 Å². The Morgan fingerprint density at radius 2 is 2.11 bits per heavy atom. The maximum absolute atomic E-state index is 12.2. The molecule has 1 aromatic heterocycles. The minimum absolute atomic E-state index is 0.0814. The van der Waals surface area contributed by atoms with E-state index in [9.17, 15) is 4.79 Å². The number of rotatable bonds is 2. The molecule has 1 amide bonds. The van der Waals surface area contributed by atoms with Crippen molar-refractivity contribution in [2.45, 2.75) is 12.8 Å². The number of nitrogens with zero attached hydrogens (tertiary/aromatic N) is 1. The van der Waals surface area contributed by atoms with Crippen LogP contribution in [0.1, 0.15) is 12.8 Å². The molecule has 1 N–H and O–H groups in total. The molecule has 19 heavy (non-hydrogen) atoms. The van der Waals surface area contributed by atoms with Crippen LogP contribution in [0.5, 0.6) is 0 Å². The summed E-state index contributed by atoms with van der Waals surface area (Å²) in [4.78, 5) is 12.2. The van der Waals surface area contributed by atoms with Crippen molar-refractivity contribution in [2.75, 3.05) is 18.5 Å². The Morgan fingerprint density at radius 1 is 1.32 bits per heavy atom. The Labute approximate surface area is 112 Å². The minimum Gasteiger partial charge on any atom is -0.381 e. The van der Waals surface area contributed by atoms with Crippen LogP contribution in [0, 0.1) is 5.92 Å². The summed E-state index contributed by atoms with van der Waals surface area (Å²) in [6.45, 7) is 1.38. The maximum Gasteiger partial charge on any atom is 0.227 e. The highest BCUT2D eigenvalue weighted by Gasteiger charge is 2.21. The number of nitrogens with one attached hydrogen (secondary N) is 1. The van der Waals surface area contributed by atoms with E-state index in [4.69, 9.17) is 4.74 Å². The van der Waals surface area contributed by atoms with Crippen molar-refractivity contribution in [3.8, 4) is 0 Å². The van der Waals surface area contributed by atoms with Crippen molar-refractivity contribution < 1.29 is 9.53 Å². The van der Waals surface area contributed by atoms with Gasteiger partial charge in [0.2, 0.25) is 5.91 Å². The lowest BCUT2D eigenvalue weighted by Crippen LogP contribution is -2.28. The monoisotopic (exact) mass is 258 g/mol. The van der Waals surface area contributed by atoms with Crippen LogP contribution in [0.15, 0.2) is 30.5 Å². The summed E-state index contributed by atoms with van der Waals surface area (Å²) >= 11 is 0. The first-order valence-electron chi connectivity index (χ1n) is 6.68. The van der Waals surface area contributed by atoms with Gasteiger partial charge in [0.15, 0.2) is 0 Å². The molecule has 4 nitrogen and oxygen atoms in total. The molecule has 0 spiro atoms. The van der Waals surface area contributed by atoms with Crippen LogP contribution in [0.3, 0.4) is 0 Å². The van der Waals surface area contributed by atoms with Gasteiger partial charge in [-0.3, -0.25) is 4.79 Å². The van der Waals surface area contributed by atoms with Crippen LogP contribution in [0.25, 0.3) is 10.9 Å². The summed E-state index contributed by atoms with van der Waals surface area (Å²) in [5, 5.41) is 4.20. The van der Waals surface area contributed by atoms with E-state index < -0.39 is 0 Å². The number of carbonyl (C=O) groups excluding carboxylic acids is 1. The van der Waals surface area contributed by atoms with Crippen LogP contribution in [-0.4, -0.2) is 23.7 Å². The van der Waals surface area contributed by atoms with Crippen molar-refractivity contribution in [1.29, 1.82) is 0 Å².